The predicted molar refractivity (Wildman–Crippen MR) is 65.0 cm³/mol. The summed E-state index contributed by atoms with van der Waals surface area (Å²) in [7, 11) is 0. The molecular formula is C13H22O4. The second-order valence-electron chi connectivity index (χ2n) is 4.46. The van der Waals surface area contributed by atoms with E-state index in [1.54, 1.807) is 0 Å². The van der Waals surface area contributed by atoms with E-state index >= 15 is 0 Å². The minimum Gasteiger partial charge on any atom is -0.478 e. The average molecular weight is 242 g/mol. The van der Waals surface area contributed by atoms with Crippen LogP contribution in [0.2, 0.25) is 0 Å². The van der Waals surface area contributed by atoms with E-state index in [-0.39, 0.29) is 0 Å². The molecule has 4 nitrogen and oxygen atoms in total. The molecule has 1 fully saturated rings. The summed E-state index contributed by atoms with van der Waals surface area (Å²) in [4.78, 5) is 10.5. The Labute approximate surface area is 103 Å². The normalized spacial score (nSPS) is 18.0. The van der Waals surface area contributed by atoms with Crippen molar-refractivity contribution in [2.45, 2.75) is 44.6 Å². The molecule has 0 radical (unpaired) electrons. The number of rotatable bonds is 11. The molecule has 0 spiro atoms. The Morgan fingerprint density at radius 3 is 2.59 bits per heavy atom. The smallest absolute Gasteiger partial charge is 0.330 e. The second-order valence-corrected chi connectivity index (χ2v) is 4.46. The van der Waals surface area contributed by atoms with Gasteiger partial charge in [-0.1, -0.05) is 25.8 Å². The quantitative estimate of drug-likeness (QED) is 0.343. The number of epoxide rings is 1. The van der Waals surface area contributed by atoms with Gasteiger partial charge < -0.3 is 14.6 Å². The van der Waals surface area contributed by atoms with Crippen molar-refractivity contribution < 1.29 is 19.4 Å². The van der Waals surface area contributed by atoms with Crippen molar-refractivity contribution in [3.05, 3.63) is 12.2 Å². The van der Waals surface area contributed by atoms with E-state index in [1.807, 2.05) is 0 Å². The van der Waals surface area contributed by atoms with Gasteiger partial charge in [0.15, 0.2) is 0 Å². The van der Waals surface area contributed by atoms with Crippen LogP contribution in [0.25, 0.3) is 0 Å². The fraction of sp³-hybridized carbons (Fsp3) is 0.769. The molecule has 0 amide bonds. The molecule has 1 unspecified atom stereocenters. The minimum absolute atomic E-state index is 0.317. The zero-order valence-electron chi connectivity index (χ0n) is 10.3. The molecule has 1 saturated heterocycles. The zero-order chi connectivity index (χ0) is 12.5. The lowest BCUT2D eigenvalue weighted by atomic mass is 10.1. The van der Waals surface area contributed by atoms with E-state index in [2.05, 4.69) is 6.58 Å². The van der Waals surface area contributed by atoms with E-state index < -0.39 is 5.97 Å². The van der Waals surface area contributed by atoms with Gasteiger partial charge in [-0.15, -0.1) is 0 Å². The molecule has 0 aromatic heterocycles. The van der Waals surface area contributed by atoms with Crippen molar-refractivity contribution in [2.75, 3.05) is 19.8 Å². The molecule has 1 atom stereocenters. The Hall–Kier alpha value is -0.870. The van der Waals surface area contributed by atoms with Gasteiger partial charge in [0, 0.05) is 12.2 Å². The van der Waals surface area contributed by atoms with Crippen LogP contribution in [-0.4, -0.2) is 37.0 Å². The Morgan fingerprint density at radius 2 is 1.94 bits per heavy atom. The number of aliphatic carboxylic acids is 1. The minimum atomic E-state index is -0.874. The van der Waals surface area contributed by atoms with Crippen LogP contribution in [0.4, 0.5) is 0 Å². The van der Waals surface area contributed by atoms with Gasteiger partial charge in [0.25, 0.3) is 0 Å². The van der Waals surface area contributed by atoms with E-state index in [0.29, 0.717) is 18.1 Å². The fourth-order valence-corrected chi connectivity index (χ4v) is 1.56. The second kappa shape index (κ2) is 8.25. The summed E-state index contributed by atoms with van der Waals surface area (Å²) in [6.07, 6.45) is 6.30. The van der Waals surface area contributed by atoms with Crippen molar-refractivity contribution in [2.24, 2.45) is 0 Å². The Kier molecular flexibility index (Phi) is 6.89. The summed E-state index contributed by atoms with van der Waals surface area (Å²) in [5.74, 6) is -0.874. The van der Waals surface area contributed by atoms with Crippen LogP contribution in [0, 0.1) is 0 Å². The number of unbranched alkanes of at least 4 members (excludes halogenated alkanes) is 4. The molecule has 1 heterocycles. The van der Waals surface area contributed by atoms with Crippen LogP contribution in [0.3, 0.4) is 0 Å². The maximum atomic E-state index is 10.5. The molecule has 17 heavy (non-hydrogen) atoms. The molecule has 1 aliphatic heterocycles. The highest BCUT2D eigenvalue weighted by molar-refractivity contribution is 5.85. The molecular weight excluding hydrogens is 220 g/mol. The number of hydrogen-bond acceptors (Lipinski definition) is 3. The Balaban J connectivity index is 1.74. The first kappa shape index (κ1) is 14.2. The summed E-state index contributed by atoms with van der Waals surface area (Å²) in [5, 5.41) is 8.61. The molecule has 98 valence electrons. The van der Waals surface area contributed by atoms with Gasteiger partial charge in [0.2, 0.25) is 0 Å². The largest absolute Gasteiger partial charge is 0.478 e. The van der Waals surface area contributed by atoms with Crippen molar-refractivity contribution in [1.82, 2.24) is 0 Å². The van der Waals surface area contributed by atoms with Gasteiger partial charge in [0.05, 0.1) is 13.2 Å². The van der Waals surface area contributed by atoms with Crippen molar-refractivity contribution in [1.29, 1.82) is 0 Å². The first-order valence-electron chi connectivity index (χ1n) is 6.30. The lowest BCUT2D eigenvalue weighted by Gasteiger charge is -2.03. The molecule has 4 heteroatoms. The van der Waals surface area contributed by atoms with Gasteiger partial charge in [-0.05, 0) is 19.3 Å². The summed E-state index contributed by atoms with van der Waals surface area (Å²) in [5.41, 5.74) is 0.317. The van der Waals surface area contributed by atoms with E-state index in [0.717, 1.165) is 51.9 Å². The Bertz CT molecular complexity index is 246. The van der Waals surface area contributed by atoms with Crippen molar-refractivity contribution >= 4 is 5.97 Å². The van der Waals surface area contributed by atoms with Gasteiger partial charge in [-0.3, -0.25) is 0 Å². The van der Waals surface area contributed by atoms with E-state index in [4.69, 9.17) is 14.6 Å². The monoisotopic (exact) mass is 242 g/mol. The Morgan fingerprint density at radius 1 is 1.29 bits per heavy atom. The third-order valence-electron chi connectivity index (χ3n) is 2.78. The molecule has 0 aromatic carbocycles. The molecule has 1 N–H and O–H groups in total. The van der Waals surface area contributed by atoms with Gasteiger partial charge in [-0.25, -0.2) is 4.79 Å². The zero-order valence-corrected chi connectivity index (χ0v) is 10.3. The maximum Gasteiger partial charge on any atom is 0.330 e. The highest BCUT2D eigenvalue weighted by Crippen LogP contribution is 2.11. The van der Waals surface area contributed by atoms with Crippen molar-refractivity contribution in [3.8, 4) is 0 Å². The maximum absolute atomic E-state index is 10.5. The summed E-state index contributed by atoms with van der Waals surface area (Å²) < 4.78 is 10.4. The molecule has 0 saturated carbocycles. The number of carboxylic acid groups (broad SMARTS) is 1. The number of ether oxygens (including phenoxy) is 2. The molecule has 0 bridgehead atoms. The first-order valence-corrected chi connectivity index (χ1v) is 6.30. The van der Waals surface area contributed by atoms with Gasteiger partial charge >= 0.3 is 5.97 Å². The molecule has 0 aliphatic carbocycles. The average Bonchev–Trinajstić information content (AvgIpc) is 3.10. The van der Waals surface area contributed by atoms with E-state index in [1.165, 1.54) is 0 Å². The third kappa shape index (κ3) is 7.94. The SMILES string of the molecule is C=C(CCCCCCCOCC1CO1)C(=O)O. The number of hydrogen-bond donors (Lipinski definition) is 1. The highest BCUT2D eigenvalue weighted by Gasteiger charge is 2.21. The lowest BCUT2D eigenvalue weighted by Crippen LogP contribution is -2.02. The van der Waals surface area contributed by atoms with Crippen LogP contribution in [0.1, 0.15) is 38.5 Å². The highest BCUT2D eigenvalue weighted by atomic mass is 16.6. The van der Waals surface area contributed by atoms with Crippen LogP contribution < -0.4 is 0 Å². The first-order chi connectivity index (χ1) is 8.20. The van der Waals surface area contributed by atoms with Gasteiger partial charge in [-0.2, -0.15) is 0 Å². The standard InChI is InChI=1S/C13H22O4/c1-11(13(14)15)7-5-3-2-4-6-8-16-9-12-10-17-12/h12H,1-10H2,(H,14,15). The third-order valence-corrected chi connectivity index (χ3v) is 2.78. The number of carbonyl (C=O) groups is 1. The van der Waals surface area contributed by atoms with E-state index in [9.17, 15) is 4.79 Å². The van der Waals surface area contributed by atoms with Crippen molar-refractivity contribution in [3.63, 3.8) is 0 Å². The summed E-state index contributed by atoms with van der Waals surface area (Å²) in [6, 6.07) is 0. The van der Waals surface area contributed by atoms with Crippen LogP contribution in [0.5, 0.6) is 0 Å². The molecule has 0 aromatic rings. The van der Waals surface area contributed by atoms with Crippen LogP contribution in [0.15, 0.2) is 12.2 Å². The predicted octanol–water partition coefficient (Wildman–Crippen LogP) is 2.38. The van der Waals surface area contributed by atoms with Gasteiger partial charge in [0.1, 0.15) is 6.10 Å². The summed E-state index contributed by atoms with van der Waals surface area (Å²) in [6.45, 7) is 5.90. The lowest BCUT2D eigenvalue weighted by molar-refractivity contribution is -0.132. The fourth-order valence-electron chi connectivity index (χ4n) is 1.56. The summed E-state index contributed by atoms with van der Waals surface area (Å²) >= 11 is 0. The van der Waals surface area contributed by atoms with Crippen LogP contribution in [-0.2, 0) is 14.3 Å². The molecule has 1 rings (SSSR count). The molecule has 1 aliphatic rings. The number of carboxylic acids is 1. The topological polar surface area (TPSA) is 59.1 Å². The van der Waals surface area contributed by atoms with Crippen LogP contribution >= 0.6 is 0 Å².